The molecule has 1 aliphatic rings. The topological polar surface area (TPSA) is 78.4 Å². The van der Waals surface area contributed by atoms with E-state index in [1.54, 1.807) is 24.5 Å². The highest BCUT2D eigenvalue weighted by molar-refractivity contribution is 6.32. The molecular formula is C15H15ClN4O2. The molecule has 1 fully saturated rings. The summed E-state index contributed by atoms with van der Waals surface area (Å²) in [6.07, 6.45) is 4.98. The molecule has 1 atom stereocenters. The average molecular weight is 319 g/mol. The molecule has 0 spiro atoms. The van der Waals surface area contributed by atoms with Crippen molar-refractivity contribution in [3.63, 3.8) is 0 Å². The summed E-state index contributed by atoms with van der Waals surface area (Å²) < 4.78 is 0. The highest BCUT2D eigenvalue weighted by Gasteiger charge is 2.32. The summed E-state index contributed by atoms with van der Waals surface area (Å²) >= 11 is 5.85. The number of nitrogens with one attached hydrogen (secondary N) is 1. The molecule has 0 aliphatic carbocycles. The summed E-state index contributed by atoms with van der Waals surface area (Å²) in [7, 11) is 0. The van der Waals surface area contributed by atoms with E-state index in [9.17, 15) is 9.90 Å². The summed E-state index contributed by atoms with van der Waals surface area (Å²) in [6, 6.07) is 6.01. The molecule has 1 aromatic heterocycles. The maximum atomic E-state index is 12.5. The van der Waals surface area contributed by atoms with Gasteiger partial charge in [0.2, 0.25) is 11.9 Å². The predicted octanol–water partition coefficient (Wildman–Crippen LogP) is 2.44. The number of nitrogens with zero attached hydrogens (tertiary/aromatic N) is 3. The van der Waals surface area contributed by atoms with Crippen LogP contribution in [0.2, 0.25) is 5.02 Å². The zero-order chi connectivity index (χ0) is 15.5. The zero-order valence-electron chi connectivity index (χ0n) is 11.7. The number of amides is 1. The maximum absolute atomic E-state index is 12.5. The number of hydrogen-bond acceptors (Lipinski definition) is 5. The second-order valence-corrected chi connectivity index (χ2v) is 5.46. The molecule has 2 heterocycles. The number of phenols is 1. The Bertz CT molecular complexity index is 680. The van der Waals surface area contributed by atoms with Crippen molar-refractivity contribution in [3.05, 3.63) is 41.7 Å². The summed E-state index contributed by atoms with van der Waals surface area (Å²) in [5.74, 6) is 0.412. The normalized spacial score (nSPS) is 17.5. The first-order valence-electron chi connectivity index (χ1n) is 6.98. The van der Waals surface area contributed by atoms with Crippen molar-refractivity contribution in [1.29, 1.82) is 0 Å². The van der Waals surface area contributed by atoms with E-state index < -0.39 is 0 Å². The number of halogens is 1. The Balaban J connectivity index is 1.75. The molecule has 0 saturated carbocycles. The van der Waals surface area contributed by atoms with Crippen molar-refractivity contribution in [1.82, 2.24) is 9.97 Å². The van der Waals surface area contributed by atoms with E-state index in [1.165, 1.54) is 12.1 Å². The molecule has 1 amide bonds. The fourth-order valence-electron chi connectivity index (χ4n) is 2.53. The minimum atomic E-state index is -0.310. The number of rotatable bonds is 3. The molecule has 7 heteroatoms. The van der Waals surface area contributed by atoms with Crippen LogP contribution in [0.25, 0.3) is 0 Å². The number of aromatic nitrogens is 2. The molecule has 0 radical (unpaired) electrons. The van der Waals surface area contributed by atoms with Gasteiger partial charge >= 0.3 is 0 Å². The van der Waals surface area contributed by atoms with Crippen molar-refractivity contribution >= 4 is 29.1 Å². The predicted molar refractivity (Wildman–Crippen MR) is 84.1 cm³/mol. The first-order chi connectivity index (χ1) is 10.6. The van der Waals surface area contributed by atoms with Gasteiger partial charge in [-0.3, -0.25) is 4.79 Å². The van der Waals surface area contributed by atoms with Crippen molar-refractivity contribution < 1.29 is 9.90 Å². The lowest BCUT2D eigenvalue weighted by Crippen LogP contribution is -2.40. The first-order valence-corrected chi connectivity index (χ1v) is 7.36. The monoisotopic (exact) mass is 318 g/mol. The van der Waals surface area contributed by atoms with E-state index in [4.69, 9.17) is 11.6 Å². The van der Waals surface area contributed by atoms with Crippen molar-refractivity contribution in [3.8, 4) is 5.75 Å². The molecule has 6 nitrogen and oxygen atoms in total. The van der Waals surface area contributed by atoms with Gasteiger partial charge in [-0.2, -0.15) is 0 Å². The Morgan fingerprint density at radius 3 is 2.86 bits per heavy atom. The van der Waals surface area contributed by atoms with Crippen molar-refractivity contribution in [2.45, 2.75) is 18.9 Å². The van der Waals surface area contributed by atoms with E-state index >= 15 is 0 Å². The van der Waals surface area contributed by atoms with E-state index in [0.29, 0.717) is 11.6 Å². The van der Waals surface area contributed by atoms with Gasteiger partial charge in [-0.1, -0.05) is 11.6 Å². The van der Waals surface area contributed by atoms with E-state index in [-0.39, 0.29) is 22.7 Å². The molecular weight excluding hydrogens is 304 g/mol. The molecule has 2 N–H and O–H groups in total. The van der Waals surface area contributed by atoms with Gasteiger partial charge in [0.25, 0.3) is 0 Å². The zero-order valence-corrected chi connectivity index (χ0v) is 12.5. The van der Waals surface area contributed by atoms with Crippen LogP contribution in [-0.4, -0.2) is 33.6 Å². The highest BCUT2D eigenvalue weighted by atomic mass is 35.5. The minimum absolute atomic E-state index is 0.0140. The van der Waals surface area contributed by atoms with Crippen LogP contribution in [0.4, 0.5) is 11.6 Å². The third-order valence-corrected chi connectivity index (χ3v) is 3.88. The molecule has 3 rings (SSSR count). The minimum Gasteiger partial charge on any atom is -0.506 e. The van der Waals surface area contributed by atoms with Gasteiger partial charge in [-0.05, 0) is 37.1 Å². The van der Waals surface area contributed by atoms with E-state index in [1.807, 2.05) is 4.90 Å². The van der Waals surface area contributed by atoms with Gasteiger partial charge in [-0.15, -0.1) is 0 Å². The summed E-state index contributed by atoms with van der Waals surface area (Å²) in [6.45, 7) is 0.748. The first kappa shape index (κ1) is 14.6. The maximum Gasteiger partial charge on any atom is 0.247 e. The van der Waals surface area contributed by atoms with Crippen LogP contribution in [-0.2, 0) is 4.79 Å². The number of carbonyl (C=O) groups excluding carboxylic acids is 1. The number of phenolic OH excluding ortho intramolecular Hbond substituents is 1. The third kappa shape index (κ3) is 2.96. The van der Waals surface area contributed by atoms with Gasteiger partial charge in [0.05, 0.1) is 5.02 Å². The molecule has 114 valence electrons. The lowest BCUT2D eigenvalue weighted by molar-refractivity contribution is -0.117. The van der Waals surface area contributed by atoms with E-state index in [2.05, 4.69) is 15.3 Å². The lowest BCUT2D eigenvalue weighted by Gasteiger charge is -2.23. The van der Waals surface area contributed by atoms with Crippen LogP contribution in [0.15, 0.2) is 36.7 Å². The second-order valence-electron chi connectivity index (χ2n) is 5.06. The molecule has 1 saturated heterocycles. The Hall–Kier alpha value is -2.34. The average Bonchev–Trinajstić information content (AvgIpc) is 3.01. The quantitative estimate of drug-likeness (QED) is 0.850. The summed E-state index contributed by atoms with van der Waals surface area (Å²) in [5, 5.41) is 12.4. The lowest BCUT2D eigenvalue weighted by atomic mass is 10.2. The molecule has 0 bridgehead atoms. The molecule has 22 heavy (non-hydrogen) atoms. The van der Waals surface area contributed by atoms with E-state index in [0.717, 1.165) is 19.4 Å². The Labute approximate surface area is 132 Å². The largest absolute Gasteiger partial charge is 0.506 e. The number of aromatic hydroxyl groups is 1. The van der Waals surface area contributed by atoms with Crippen LogP contribution in [0.3, 0.4) is 0 Å². The number of carbonyl (C=O) groups is 1. The number of anilines is 2. The second kappa shape index (κ2) is 6.19. The van der Waals surface area contributed by atoms with Gasteiger partial charge < -0.3 is 15.3 Å². The number of hydrogen-bond donors (Lipinski definition) is 2. The van der Waals surface area contributed by atoms with Crippen LogP contribution < -0.4 is 10.2 Å². The van der Waals surface area contributed by atoms with Gasteiger partial charge in [-0.25, -0.2) is 9.97 Å². The SMILES string of the molecule is O=C(Nc1ccc(O)c(Cl)c1)C1CCCN1c1ncccn1. The Morgan fingerprint density at radius 1 is 1.36 bits per heavy atom. The van der Waals surface area contributed by atoms with Gasteiger partial charge in [0.1, 0.15) is 11.8 Å². The smallest absolute Gasteiger partial charge is 0.247 e. The van der Waals surface area contributed by atoms with Gasteiger partial charge in [0, 0.05) is 24.6 Å². The van der Waals surface area contributed by atoms with Crippen LogP contribution in [0, 0.1) is 0 Å². The standard InChI is InChI=1S/C15H15ClN4O2/c16-11-9-10(4-5-13(11)21)19-14(22)12-3-1-8-20(12)15-17-6-2-7-18-15/h2,4-7,9,12,21H,1,3,8H2,(H,19,22). The summed E-state index contributed by atoms with van der Waals surface area (Å²) in [5.41, 5.74) is 0.550. The fraction of sp³-hybridized carbons (Fsp3) is 0.267. The van der Waals surface area contributed by atoms with Gasteiger partial charge in [0.15, 0.2) is 0 Å². The van der Waals surface area contributed by atoms with Crippen LogP contribution in [0.1, 0.15) is 12.8 Å². The summed E-state index contributed by atoms with van der Waals surface area (Å²) in [4.78, 5) is 22.8. The van der Waals surface area contributed by atoms with Crippen LogP contribution in [0.5, 0.6) is 5.75 Å². The molecule has 1 unspecified atom stereocenters. The highest BCUT2D eigenvalue weighted by Crippen LogP contribution is 2.27. The molecule has 1 aliphatic heterocycles. The van der Waals surface area contributed by atoms with Crippen molar-refractivity contribution in [2.24, 2.45) is 0 Å². The Kier molecular flexibility index (Phi) is 4.11. The third-order valence-electron chi connectivity index (χ3n) is 3.58. The van der Waals surface area contributed by atoms with Crippen molar-refractivity contribution in [2.75, 3.05) is 16.8 Å². The fourth-order valence-corrected chi connectivity index (χ4v) is 2.71. The van der Waals surface area contributed by atoms with Crippen LogP contribution >= 0.6 is 11.6 Å². The number of benzene rings is 1. The Morgan fingerprint density at radius 2 is 2.14 bits per heavy atom. The molecule has 1 aromatic carbocycles. The molecule has 2 aromatic rings.